The van der Waals surface area contributed by atoms with E-state index in [2.05, 4.69) is 51.8 Å². The summed E-state index contributed by atoms with van der Waals surface area (Å²) in [6.45, 7) is 2.82. The van der Waals surface area contributed by atoms with Crippen molar-refractivity contribution >= 4 is 35.6 Å². The molecule has 0 saturated heterocycles. The maximum Gasteiger partial charge on any atom is 0.231 e. The van der Waals surface area contributed by atoms with Gasteiger partial charge in [-0.1, -0.05) is 24.3 Å². The number of benzene rings is 2. The summed E-state index contributed by atoms with van der Waals surface area (Å²) in [5.74, 6) is 2.40. The number of hydrogen-bond donors (Lipinski definition) is 2. The molecule has 0 spiro atoms. The van der Waals surface area contributed by atoms with E-state index < -0.39 is 0 Å². The molecule has 1 heterocycles. The molecule has 3 rings (SSSR count). The number of halogens is 1. The summed E-state index contributed by atoms with van der Waals surface area (Å²) >= 11 is 0. The van der Waals surface area contributed by atoms with Crippen molar-refractivity contribution in [3.63, 3.8) is 0 Å². The Labute approximate surface area is 178 Å². The van der Waals surface area contributed by atoms with Crippen LogP contribution in [0.3, 0.4) is 0 Å². The lowest BCUT2D eigenvalue weighted by molar-refractivity contribution is 0.174. The molecule has 2 aromatic rings. The molecule has 0 aliphatic carbocycles. The Morgan fingerprint density at radius 1 is 1.07 bits per heavy atom. The highest BCUT2D eigenvalue weighted by molar-refractivity contribution is 14.0. The van der Waals surface area contributed by atoms with Gasteiger partial charge in [-0.05, 0) is 36.2 Å². The van der Waals surface area contributed by atoms with Gasteiger partial charge in [-0.25, -0.2) is 0 Å². The third-order valence-corrected chi connectivity index (χ3v) is 4.28. The van der Waals surface area contributed by atoms with Crippen LogP contribution in [0, 0.1) is 0 Å². The first-order valence-electron chi connectivity index (χ1n) is 8.85. The van der Waals surface area contributed by atoms with Crippen molar-refractivity contribution in [2.75, 3.05) is 38.9 Å². The number of nitrogens with one attached hydrogen (secondary N) is 2. The molecule has 0 saturated carbocycles. The van der Waals surface area contributed by atoms with Crippen molar-refractivity contribution < 1.29 is 9.47 Å². The quantitative estimate of drug-likeness (QED) is 0.275. The van der Waals surface area contributed by atoms with Crippen LogP contribution in [0.5, 0.6) is 11.5 Å². The fourth-order valence-corrected chi connectivity index (χ4v) is 2.79. The predicted octanol–water partition coefficient (Wildman–Crippen LogP) is 3.22. The zero-order chi connectivity index (χ0) is 18.2. The van der Waals surface area contributed by atoms with E-state index in [9.17, 15) is 0 Å². The molecular weight excluding hydrogens is 455 g/mol. The molecular formula is C20H27IN4O2. The first-order chi connectivity index (χ1) is 12.8. The van der Waals surface area contributed by atoms with Crippen molar-refractivity contribution in [1.82, 2.24) is 10.6 Å². The average molecular weight is 482 g/mol. The van der Waals surface area contributed by atoms with Crippen molar-refractivity contribution in [3.8, 4) is 11.5 Å². The number of fused-ring (bicyclic) bond motifs is 1. The molecule has 0 amide bonds. The van der Waals surface area contributed by atoms with Crippen LogP contribution in [0.25, 0.3) is 0 Å². The molecule has 2 N–H and O–H groups in total. The fraction of sp³-hybridized carbons (Fsp3) is 0.350. The minimum absolute atomic E-state index is 0. The Balaban J connectivity index is 0.00000261. The van der Waals surface area contributed by atoms with Gasteiger partial charge in [-0.15, -0.1) is 24.0 Å². The van der Waals surface area contributed by atoms with Crippen LogP contribution < -0.4 is 25.0 Å². The summed E-state index contributed by atoms with van der Waals surface area (Å²) in [5.41, 5.74) is 2.36. The number of aliphatic imine (C=N–C) groups is 1. The van der Waals surface area contributed by atoms with Crippen molar-refractivity contribution in [3.05, 3.63) is 54.1 Å². The van der Waals surface area contributed by atoms with Crippen molar-refractivity contribution in [2.24, 2.45) is 4.99 Å². The molecule has 0 atom stereocenters. The van der Waals surface area contributed by atoms with Crippen LogP contribution in [0.2, 0.25) is 0 Å². The van der Waals surface area contributed by atoms with E-state index in [1.165, 1.54) is 5.69 Å². The molecule has 146 valence electrons. The number of hydrogen-bond acceptors (Lipinski definition) is 4. The van der Waals surface area contributed by atoms with Gasteiger partial charge in [0, 0.05) is 39.4 Å². The van der Waals surface area contributed by atoms with Gasteiger partial charge in [0.25, 0.3) is 0 Å². The molecule has 0 unspecified atom stereocenters. The molecule has 6 nitrogen and oxygen atoms in total. The summed E-state index contributed by atoms with van der Waals surface area (Å²) in [5, 5.41) is 6.68. The predicted molar refractivity (Wildman–Crippen MR) is 121 cm³/mol. The van der Waals surface area contributed by atoms with Crippen LogP contribution >= 0.6 is 24.0 Å². The maximum atomic E-state index is 5.41. The molecule has 2 aromatic carbocycles. The number of guanidine groups is 1. The highest BCUT2D eigenvalue weighted by Crippen LogP contribution is 2.32. The number of rotatable bonds is 7. The van der Waals surface area contributed by atoms with Gasteiger partial charge in [0.15, 0.2) is 17.5 Å². The second-order valence-corrected chi connectivity index (χ2v) is 6.15. The fourth-order valence-electron chi connectivity index (χ4n) is 2.79. The van der Waals surface area contributed by atoms with E-state index in [0.717, 1.165) is 42.5 Å². The van der Waals surface area contributed by atoms with Gasteiger partial charge >= 0.3 is 0 Å². The Bertz CT molecular complexity index is 740. The first kappa shape index (κ1) is 21.1. The second kappa shape index (κ2) is 10.9. The smallest absolute Gasteiger partial charge is 0.231 e. The summed E-state index contributed by atoms with van der Waals surface area (Å²) in [6.07, 6.45) is 1.02. The molecule has 7 heteroatoms. The Morgan fingerprint density at radius 2 is 1.85 bits per heavy atom. The van der Waals surface area contributed by atoms with E-state index >= 15 is 0 Å². The van der Waals surface area contributed by atoms with E-state index in [0.29, 0.717) is 13.3 Å². The van der Waals surface area contributed by atoms with Gasteiger partial charge in [0.05, 0.1) is 0 Å². The van der Waals surface area contributed by atoms with Gasteiger partial charge in [0.2, 0.25) is 6.79 Å². The minimum Gasteiger partial charge on any atom is -0.454 e. The molecule has 0 bridgehead atoms. The number of nitrogens with zero attached hydrogens (tertiary/aromatic N) is 2. The zero-order valence-electron chi connectivity index (χ0n) is 15.8. The van der Waals surface area contributed by atoms with Gasteiger partial charge < -0.3 is 25.0 Å². The van der Waals surface area contributed by atoms with Crippen LogP contribution in [-0.2, 0) is 6.54 Å². The SMILES string of the molecule is CN=C(NCCCN(C)c1ccccc1)NCc1ccc2c(c1)OCO2.I. The molecule has 0 radical (unpaired) electrons. The minimum atomic E-state index is 0. The van der Waals surface area contributed by atoms with Gasteiger partial charge in [-0.2, -0.15) is 0 Å². The lowest BCUT2D eigenvalue weighted by Crippen LogP contribution is -2.38. The van der Waals surface area contributed by atoms with Crippen LogP contribution in [0.15, 0.2) is 53.5 Å². The summed E-state index contributed by atoms with van der Waals surface area (Å²) in [7, 11) is 3.90. The molecule has 1 aliphatic heterocycles. The van der Waals surface area contributed by atoms with E-state index in [-0.39, 0.29) is 24.0 Å². The summed E-state index contributed by atoms with van der Waals surface area (Å²) in [6, 6.07) is 16.4. The van der Waals surface area contributed by atoms with Crippen molar-refractivity contribution in [1.29, 1.82) is 0 Å². The first-order valence-corrected chi connectivity index (χ1v) is 8.85. The molecule has 0 aromatic heterocycles. The Hall–Kier alpha value is -2.16. The average Bonchev–Trinajstić information content (AvgIpc) is 3.15. The summed E-state index contributed by atoms with van der Waals surface area (Å²) < 4.78 is 10.7. The van der Waals surface area contributed by atoms with Crippen LogP contribution in [0.4, 0.5) is 5.69 Å². The summed E-state index contributed by atoms with van der Waals surface area (Å²) in [4.78, 5) is 6.53. The molecule has 1 aliphatic rings. The van der Waals surface area contributed by atoms with Gasteiger partial charge in [0.1, 0.15) is 0 Å². The monoisotopic (exact) mass is 482 g/mol. The Kier molecular flexibility index (Phi) is 8.50. The standard InChI is InChI=1S/C20H26N4O2.HI/c1-21-20(22-11-6-12-24(2)17-7-4-3-5-8-17)23-14-16-9-10-18-19(13-16)26-15-25-18;/h3-5,7-10,13H,6,11-12,14-15H2,1-2H3,(H2,21,22,23);1H. The third kappa shape index (κ3) is 6.20. The van der Waals surface area contributed by atoms with Crippen molar-refractivity contribution in [2.45, 2.75) is 13.0 Å². The maximum absolute atomic E-state index is 5.41. The highest BCUT2D eigenvalue weighted by Gasteiger charge is 2.13. The topological polar surface area (TPSA) is 58.1 Å². The molecule has 0 fully saturated rings. The van der Waals surface area contributed by atoms with E-state index in [1.54, 1.807) is 7.05 Å². The van der Waals surface area contributed by atoms with E-state index in [4.69, 9.17) is 9.47 Å². The lowest BCUT2D eigenvalue weighted by atomic mass is 10.2. The number of ether oxygens (including phenoxy) is 2. The van der Waals surface area contributed by atoms with Crippen LogP contribution in [-0.4, -0.2) is 39.9 Å². The normalized spacial score (nSPS) is 12.3. The number of anilines is 1. The lowest BCUT2D eigenvalue weighted by Gasteiger charge is -2.19. The largest absolute Gasteiger partial charge is 0.454 e. The molecule has 27 heavy (non-hydrogen) atoms. The Morgan fingerprint density at radius 3 is 2.63 bits per heavy atom. The van der Waals surface area contributed by atoms with Gasteiger partial charge in [-0.3, -0.25) is 4.99 Å². The highest BCUT2D eigenvalue weighted by atomic mass is 127. The third-order valence-electron chi connectivity index (χ3n) is 4.28. The van der Waals surface area contributed by atoms with E-state index in [1.807, 2.05) is 24.3 Å². The second-order valence-electron chi connectivity index (χ2n) is 6.15. The zero-order valence-corrected chi connectivity index (χ0v) is 18.1. The number of para-hydroxylation sites is 1. The van der Waals surface area contributed by atoms with Crippen LogP contribution in [0.1, 0.15) is 12.0 Å².